The smallest absolute Gasteiger partial charge is 0.343 e. The zero-order valence-corrected chi connectivity index (χ0v) is 17.7. The molecule has 0 bridgehead atoms. The number of fused-ring (bicyclic) bond motifs is 3. The summed E-state index contributed by atoms with van der Waals surface area (Å²) in [7, 11) is 0. The molecule has 2 heterocycles. The molecule has 1 aliphatic heterocycles. The first-order chi connectivity index (χ1) is 13.8. The SMILES string of the molecule is CCOC(=O)c1cn2c(cc1=O)-c1cc(Cl)c(OCCO)cc1CC2CC(C)C. The van der Waals surface area contributed by atoms with E-state index in [1.807, 2.05) is 10.6 Å². The summed E-state index contributed by atoms with van der Waals surface area (Å²) in [4.78, 5) is 24.9. The maximum Gasteiger partial charge on any atom is 0.343 e. The van der Waals surface area contributed by atoms with Crippen LogP contribution in [0.5, 0.6) is 5.75 Å². The summed E-state index contributed by atoms with van der Waals surface area (Å²) in [5.41, 5.74) is 2.27. The van der Waals surface area contributed by atoms with Crippen molar-refractivity contribution in [2.24, 2.45) is 5.92 Å². The number of benzene rings is 1. The molecule has 1 atom stereocenters. The first kappa shape index (κ1) is 21.4. The molecule has 0 saturated carbocycles. The summed E-state index contributed by atoms with van der Waals surface area (Å²) in [5.74, 6) is 0.340. The summed E-state index contributed by atoms with van der Waals surface area (Å²) in [5, 5.41) is 9.43. The van der Waals surface area contributed by atoms with Crippen LogP contribution in [0.15, 0.2) is 29.2 Å². The van der Waals surface area contributed by atoms with Gasteiger partial charge in [0.15, 0.2) is 5.43 Å². The van der Waals surface area contributed by atoms with Gasteiger partial charge < -0.3 is 19.1 Å². The van der Waals surface area contributed by atoms with Crippen LogP contribution in [-0.2, 0) is 11.2 Å². The third-order valence-corrected chi connectivity index (χ3v) is 5.25. The predicted molar refractivity (Wildman–Crippen MR) is 112 cm³/mol. The normalized spacial score (nSPS) is 15.0. The van der Waals surface area contributed by atoms with Crippen LogP contribution in [-0.4, -0.2) is 35.5 Å². The van der Waals surface area contributed by atoms with E-state index in [0.717, 1.165) is 29.7 Å². The van der Waals surface area contributed by atoms with Crippen molar-refractivity contribution in [1.82, 2.24) is 4.57 Å². The first-order valence-electron chi connectivity index (χ1n) is 9.85. The topological polar surface area (TPSA) is 77.8 Å². The lowest BCUT2D eigenvalue weighted by molar-refractivity contribution is 0.0523. The highest BCUT2D eigenvalue weighted by molar-refractivity contribution is 6.32. The molecule has 0 spiro atoms. The van der Waals surface area contributed by atoms with Crippen LogP contribution in [0.2, 0.25) is 5.02 Å². The van der Waals surface area contributed by atoms with E-state index < -0.39 is 5.97 Å². The fourth-order valence-electron chi connectivity index (χ4n) is 3.79. The van der Waals surface area contributed by atoms with E-state index in [1.165, 1.54) is 6.07 Å². The summed E-state index contributed by atoms with van der Waals surface area (Å²) < 4.78 is 12.6. The van der Waals surface area contributed by atoms with E-state index in [2.05, 4.69) is 13.8 Å². The number of halogens is 1. The van der Waals surface area contributed by atoms with E-state index in [4.69, 9.17) is 26.2 Å². The van der Waals surface area contributed by atoms with Gasteiger partial charge in [-0.05, 0) is 43.4 Å². The first-order valence-corrected chi connectivity index (χ1v) is 10.2. The van der Waals surface area contributed by atoms with Gasteiger partial charge >= 0.3 is 5.97 Å². The lowest BCUT2D eigenvalue weighted by Crippen LogP contribution is -2.27. The van der Waals surface area contributed by atoms with Gasteiger partial charge in [0.1, 0.15) is 17.9 Å². The minimum absolute atomic E-state index is 0.0433. The summed E-state index contributed by atoms with van der Waals surface area (Å²) in [6.45, 7) is 6.27. The standard InChI is InChI=1S/C22H26ClNO5/c1-4-28-22(27)17-12-24-15(7-13(2)3)8-14-9-21(29-6-5-25)18(23)10-16(14)19(24)11-20(17)26/h9-13,15,25H,4-8H2,1-3H3. The average Bonchev–Trinajstić information content (AvgIpc) is 2.66. The average molecular weight is 420 g/mol. The Hall–Kier alpha value is -2.31. The molecule has 0 fully saturated rings. The third kappa shape index (κ3) is 4.49. The molecule has 3 rings (SSSR count). The molecule has 29 heavy (non-hydrogen) atoms. The number of aromatic nitrogens is 1. The zero-order valence-electron chi connectivity index (χ0n) is 16.9. The number of hydrogen-bond donors (Lipinski definition) is 1. The number of aliphatic hydroxyl groups excluding tert-OH is 1. The summed E-state index contributed by atoms with van der Waals surface area (Å²) in [6.07, 6.45) is 3.22. The van der Waals surface area contributed by atoms with Crippen LogP contribution < -0.4 is 10.2 Å². The molecule has 1 N–H and O–H groups in total. The van der Waals surface area contributed by atoms with Gasteiger partial charge in [0.05, 0.1) is 23.9 Å². The minimum atomic E-state index is -0.604. The van der Waals surface area contributed by atoms with Crippen molar-refractivity contribution in [1.29, 1.82) is 0 Å². The molecule has 0 aliphatic carbocycles. The van der Waals surface area contributed by atoms with Crippen LogP contribution in [0.4, 0.5) is 0 Å². The number of aliphatic hydroxyl groups is 1. The van der Waals surface area contributed by atoms with Crippen LogP contribution in [0, 0.1) is 5.92 Å². The highest BCUT2D eigenvalue weighted by Crippen LogP contribution is 2.41. The second-order valence-corrected chi connectivity index (χ2v) is 7.97. The van der Waals surface area contributed by atoms with Crippen molar-refractivity contribution >= 4 is 17.6 Å². The third-order valence-electron chi connectivity index (χ3n) is 4.95. The predicted octanol–water partition coefficient (Wildman–Crippen LogP) is 3.86. The maximum absolute atomic E-state index is 12.6. The molecule has 1 aliphatic rings. The number of ether oxygens (including phenoxy) is 2. The van der Waals surface area contributed by atoms with Gasteiger partial charge in [-0.15, -0.1) is 0 Å². The van der Waals surface area contributed by atoms with E-state index in [0.29, 0.717) is 16.7 Å². The fourth-order valence-corrected chi connectivity index (χ4v) is 4.01. The molecule has 1 unspecified atom stereocenters. The molecular formula is C22H26ClNO5. The summed E-state index contributed by atoms with van der Waals surface area (Å²) >= 11 is 6.38. The van der Waals surface area contributed by atoms with Crippen molar-refractivity contribution in [2.75, 3.05) is 19.8 Å². The Kier molecular flexibility index (Phi) is 6.65. The number of carbonyl (C=O) groups excluding carboxylic acids is 1. The number of hydrogen-bond acceptors (Lipinski definition) is 5. The van der Waals surface area contributed by atoms with Crippen molar-refractivity contribution < 1.29 is 19.4 Å². The largest absolute Gasteiger partial charge is 0.490 e. The van der Waals surface area contributed by atoms with Crippen LogP contribution in [0.1, 0.15) is 49.2 Å². The van der Waals surface area contributed by atoms with Crippen molar-refractivity contribution in [3.05, 3.63) is 50.8 Å². The monoisotopic (exact) mass is 419 g/mol. The van der Waals surface area contributed by atoms with Gasteiger partial charge in [0, 0.05) is 23.9 Å². The quantitative estimate of drug-likeness (QED) is 0.689. The molecule has 0 radical (unpaired) electrons. The second-order valence-electron chi connectivity index (χ2n) is 7.56. The van der Waals surface area contributed by atoms with E-state index in [9.17, 15) is 9.59 Å². The minimum Gasteiger partial charge on any atom is -0.490 e. The van der Waals surface area contributed by atoms with Crippen molar-refractivity contribution in [3.63, 3.8) is 0 Å². The number of nitrogens with zero attached hydrogens (tertiary/aromatic N) is 1. The number of pyridine rings is 1. The molecule has 1 aromatic carbocycles. The van der Waals surface area contributed by atoms with Gasteiger partial charge in [-0.2, -0.15) is 0 Å². The fraction of sp³-hybridized carbons (Fsp3) is 0.455. The zero-order chi connectivity index (χ0) is 21.1. The van der Waals surface area contributed by atoms with E-state index in [-0.39, 0.29) is 36.9 Å². The van der Waals surface area contributed by atoms with E-state index >= 15 is 0 Å². The lowest BCUT2D eigenvalue weighted by atomic mass is 9.88. The maximum atomic E-state index is 12.6. The molecular weight excluding hydrogens is 394 g/mol. The van der Waals surface area contributed by atoms with Crippen LogP contribution in [0.25, 0.3) is 11.3 Å². The Morgan fingerprint density at radius 3 is 2.76 bits per heavy atom. The Bertz CT molecular complexity index is 966. The molecule has 1 aromatic heterocycles. The molecule has 2 aromatic rings. The van der Waals surface area contributed by atoms with Gasteiger partial charge in [-0.3, -0.25) is 4.79 Å². The Balaban J connectivity index is 2.15. The summed E-state index contributed by atoms with van der Waals surface area (Å²) in [6, 6.07) is 5.23. The number of esters is 1. The Morgan fingerprint density at radius 2 is 2.10 bits per heavy atom. The molecule has 7 heteroatoms. The molecule has 6 nitrogen and oxygen atoms in total. The Labute approximate surface area is 175 Å². The van der Waals surface area contributed by atoms with Crippen LogP contribution in [0.3, 0.4) is 0 Å². The van der Waals surface area contributed by atoms with Crippen molar-refractivity contribution in [2.45, 2.75) is 39.7 Å². The highest BCUT2D eigenvalue weighted by atomic mass is 35.5. The Morgan fingerprint density at radius 1 is 1.34 bits per heavy atom. The second kappa shape index (κ2) is 9.01. The molecule has 156 valence electrons. The highest BCUT2D eigenvalue weighted by Gasteiger charge is 2.28. The van der Waals surface area contributed by atoms with Gasteiger partial charge in [0.2, 0.25) is 0 Å². The number of rotatable bonds is 7. The molecule has 0 saturated heterocycles. The van der Waals surface area contributed by atoms with Gasteiger partial charge in [-0.25, -0.2) is 4.79 Å². The lowest BCUT2D eigenvalue weighted by Gasteiger charge is -2.32. The molecule has 0 amide bonds. The number of carbonyl (C=O) groups is 1. The van der Waals surface area contributed by atoms with Gasteiger partial charge in [0.25, 0.3) is 0 Å². The van der Waals surface area contributed by atoms with Gasteiger partial charge in [-0.1, -0.05) is 25.4 Å². The van der Waals surface area contributed by atoms with Crippen molar-refractivity contribution in [3.8, 4) is 17.0 Å². The van der Waals surface area contributed by atoms with E-state index in [1.54, 1.807) is 19.2 Å². The van der Waals surface area contributed by atoms with Crippen LogP contribution >= 0.6 is 11.6 Å².